The molecule has 198 valence electrons. The van der Waals surface area contributed by atoms with Gasteiger partial charge in [-0.05, 0) is 67.8 Å². The molecule has 0 bridgehead atoms. The third-order valence-corrected chi connectivity index (χ3v) is 6.97. The summed E-state index contributed by atoms with van der Waals surface area (Å²) >= 11 is 1.48. The van der Waals surface area contributed by atoms with Crippen molar-refractivity contribution in [1.29, 1.82) is 0 Å². The second kappa shape index (κ2) is 13.5. The topological polar surface area (TPSA) is 128 Å². The Morgan fingerprint density at radius 3 is 2.87 bits per heavy atom. The van der Waals surface area contributed by atoms with Crippen molar-refractivity contribution >= 4 is 40.6 Å². The maximum atomic E-state index is 12.8. The van der Waals surface area contributed by atoms with E-state index in [0.717, 1.165) is 51.5 Å². The van der Waals surface area contributed by atoms with Crippen molar-refractivity contribution in [2.24, 2.45) is 0 Å². The summed E-state index contributed by atoms with van der Waals surface area (Å²) in [6.07, 6.45) is 12.5. The molecule has 0 unspecified atom stereocenters. The van der Waals surface area contributed by atoms with Crippen LogP contribution in [0.25, 0.3) is 17.0 Å². The molecular formula is C28H31N5O4S. The number of aromatic amines is 1. The van der Waals surface area contributed by atoms with Crippen molar-refractivity contribution in [3.8, 4) is 5.75 Å². The van der Waals surface area contributed by atoms with Gasteiger partial charge in [-0.25, -0.2) is 5.48 Å². The van der Waals surface area contributed by atoms with Gasteiger partial charge in [-0.1, -0.05) is 30.0 Å². The molecule has 2 amide bonds. The molecule has 38 heavy (non-hydrogen) atoms. The average Bonchev–Trinajstić information content (AvgIpc) is 3.36. The monoisotopic (exact) mass is 533 g/mol. The highest BCUT2D eigenvalue weighted by Crippen LogP contribution is 2.36. The predicted octanol–water partition coefficient (Wildman–Crippen LogP) is 4.57. The second-order valence-electron chi connectivity index (χ2n) is 8.59. The van der Waals surface area contributed by atoms with E-state index in [1.165, 1.54) is 11.8 Å². The van der Waals surface area contributed by atoms with Crippen LogP contribution < -0.4 is 20.9 Å². The van der Waals surface area contributed by atoms with Crippen LogP contribution in [0, 0.1) is 0 Å². The lowest BCUT2D eigenvalue weighted by Gasteiger charge is -2.14. The lowest BCUT2D eigenvalue weighted by Crippen LogP contribution is -2.20. The fourth-order valence-corrected chi connectivity index (χ4v) is 4.97. The van der Waals surface area contributed by atoms with E-state index in [2.05, 4.69) is 26.9 Å². The van der Waals surface area contributed by atoms with Gasteiger partial charge < -0.3 is 15.4 Å². The number of nitrogens with zero attached hydrogens (tertiary/aromatic N) is 1. The van der Waals surface area contributed by atoms with Crippen LogP contribution in [-0.2, 0) is 4.79 Å². The first-order valence-corrected chi connectivity index (χ1v) is 13.3. The second-order valence-corrected chi connectivity index (χ2v) is 9.70. The number of allylic oxidation sites excluding steroid dienone is 3. The first-order valence-electron chi connectivity index (χ1n) is 12.4. The lowest BCUT2D eigenvalue weighted by atomic mass is 10.1. The first-order chi connectivity index (χ1) is 18.6. The van der Waals surface area contributed by atoms with Gasteiger partial charge in [0.2, 0.25) is 5.91 Å². The highest BCUT2D eigenvalue weighted by Gasteiger charge is 2.18. The van der Waals surface area contributed by atoms with Crippen molar-refractivity contribution in [3.63, 3.8) is 0 Å². The molecule has 1 aliphatic rings. The zero-order chi connectivity index (χ0) is 26.7. The number of H-pyrrole nitrogens is 1. The SMILES string of the molecule is CNC(=O)c1c(OCCCCCC(=O)NO)cccc1Sc1ccc2c(/C=C/C3=CC=CCN3)n[nH]c2c1. The number of fused-ring (bicyclic) bond motifs is 1. The number of hydrogen-bond donors (Lipinski definition) is 5. The van der Waals surface area contributed by atoms with E-state index in [1.54, 1.807) is 18.6 Å². The molecule has 5 N–H and O–H groups in total. The third-order valence-electron chi connectivity index (χ3n) is 5.92. The summed E-state index contributed by atoms with van der Waals surface area (Å²) in [5.74, 6) is -0.109. The van der Waals surface area contributed by atoms with E-state index >= 15 is 0 Å². The summed E-state index contributed by atoms with van der Waals surface area (Å²) in [7, 11) is 1.60. The Labute approximate surface area is 225 Å². The number of nitrogens with one attached hydrogen (secondary N) is 4. The van der Waals surface area contributed by atoms with E-state index in [1.807, 2.05) is 54.6 Å². The van der Waals surface area contributed by atoms with Gasteiger partial charge >= 0.3 is 0 Å². The minimum atomic E-state index is -0.398. The molecule has 1 aromatic heterocycles. The van der Waals surface area contributed by atoms with Crippen LogP contribution in [0.1, 0.15) is 41.7 Å². The Balaban J connectivity index is 1.46. The number of hydroxylamine groups is 1. The van der Waals surface area contributed by atoms with Crippen LogP contribution in [0.2, 0.25) is 0 Å². The Bertz CT molecular complexity index is 1380. The van der Waals surface area contributed by atoms with Crippen molar-refractivity contribution < 1.29 is 19.5 Å². The van der Waals surface area contributed by atoms with Gasteiger partial charge in [0.15, 0.2) is 0 Å². The van der Waals surface area contributed by atoms with Crippen LogP contribution in [0.3, 0.4) is 0 Å². The maximum absolute atomic E-state index is 12.8. The number of dihydropyridines is 1. The van der Waals surface area contributed by atoms with Crippen LogP contribution >= 0.6 is 11.8 Å². The molecule has 0 aliphatic carbocycles. The summed E-state index contributed by atoms with van der Waals surface area (Å²) < 4.78 is 5.96. The number of aromatic nitrogens is 2. The van der Waals surface area contributed by atoms with Crippen molar-refractivity contribution in [2.75, 3.05) is 20.2 Å². The average molecular weight is 534 g/mol. The minimum absolute atomic E-state index is 0.224. The molecular weight excluding hydrogens is 502 g/mol. The highest BCUT2D eigenvalue weighted by atomic mass is 32.2. The van der Waals surface area contributed by atoms with Gasteiger partial charge in [-0.2, -0.15) is 5.10 Å². The smallest absolute Gasteiger partial charge is 0.255 e. The van der Waals surface area contributed by atoms with Crippen molar-refractivity contribution in [1.82, 2.24) is 26.3 Å². The molecule has 0 fully saturated rings. The molecule has 2 aromatic carbocycles. The number of unbranched alkanes of at least 4 members (excludes halogenated alkanes) is 2. The molecule has 9 nitrogen and oxygen atoms in total. The molecule has 0 saturated heterocycles. The zero-order valence-electron chi connectivity index (χ0n) is 21.1. The number of ether oxygens (including phenoxy) is 1. The molecule has 0 spiro atoms. The van der Waals surface area contributed by atoms with Crippen molar-refractivity contribution in [3.05, 3.63) is 77.7 Å². The molecule has 3 aromatic rings. The van der Waals surface area contributed by atoms with Crippen LogP contribution in [0.4, 0.5) is 0 Å². The number of amides is 2. The molecule has 0 saturated carbocycles. The molecule has 10 heteroatoms. The van der Waals surface area contributed by atoms with E-state index in [4.69, 9.17) is 9.94 Å². The third kappa shape index (κ3) is 7.05. The number of benzene rings is 2. The van der Waals surface area contributed by atoms with Crippen LogP contribution in [0.15, 0.2) is 76.2 Å². The Morgan fingerprint density at radius 2 is 2.08 bits per heavy atom. The van der Waals surface area contributed by atoms with E-state index in [-0.39, 0.29) is 12.3 Å². The predicted molar refractivity (Wildman–Crippen MR) is 148 cm³/mol. The van der Waals surface area contributed by atoms with Gasteiger partial charge in [-0.3, -0.25) is 19.9 Å². The number of rotatable bonds is 12. The molecule has 2 heterocycles. The van der Waals surface area contributed by atoms with Crippen LogP contribution in [0.5, 0.6) is 5.75 Å². The Morgan fingerprint density at radius 1 is 1.18 bits per heavy atom. The fraction of sp³-hybridized carbons (Fsp3) is 0.250. The van der Waals surface area contributed by atoms with E-state index in [9.17, 15) is 9.59 Å². The largest absolute Gasteiger partial charge is 0.493 e. The zero-order valence-corrected chi connectivity index (χ0v) is 21.9. The number of carbonyl (C=O) groups excluding carboxylic acids is 2. The standard InChI is InChI=1S/C28H31N5O4S/c1-29-28(35)27-24(37-17-6-2-3-11-26(34)33-36)9-7-10-25(27)38-20-13-14-21-22(31-32-23(21)18-20)15-12-19-8-4-5-16-30-19/h4-5,7-10,12-15,18,30,36H,2-3,6,11,16-17H2,1H3,(H,29,35)(H,31,32)(H,33,34)/b15-12+. The van der Waals surface area contributed by atoms with Gasteiger partial charge in [0.05, 0.1) is 23.4 Å². The molecule has 0 radical (unpaired) electrons. The molecule has 1 aliphatic heterocycles. The first kappa shape index (κ1) is 27.0. The number of carbonyl (C=O) groups is 2. The van der Waals surface area contributed by atoms with Gasteiger partial charge in [-0.15, -0.1) is 0 Å². The fourth-order valence-electron chi connectivity index (χ4n) is 3.96. The van der Waals surface area contributed by atoms with Gasteiger partial charge in [0, 0.05) is 40.9 Å². The highest BCUT2D eigenvalue weighted by molar-refractivity contribution is 7.99. The quantitative estimate of drug-likeness (QED) is 0.131. The summed E-state index contributed by atoms with van der Waals surface area (Å²) in [4.78, 5) is 25.7. The summed E-state index contributed by atoms with van der Waals surface area (Å²) in [6.45, 7) is 1.23. The lowest BCUT2D eigenvalue weighted by molar-refractivity contribution is -0.129. The maximum Gasteiger partial charge on any atom is 0.255 e. The minimum Gasteiger partial charge on any atom is -0.493 e. The van der Waals surface area contributed by atoms with E-state index < -0.39 is 5.91 Å². The van der Waals surface area contributed by atoms with E-state index in [0.29, 0.717) is 24.3 Å². The Kier molecular flexibility index (Phi) is 9.60. The van der Waals surface area contributed by atoms with Crippen molar-refractivity contribution in [2.45, 2.75) is 35.5 Å². The van der Waals surface area contributed by atoms with Gasteiger partial charge in [0.25, 0.3) is 5.91 Å². The van der Waals surface area contributed by atoms with Gasteiger partial charge in [0.1, 0.15) is 5.75 Å². The summed E-state index contributed by atoms with van der Waals surface area (Å²) in [5.41, 5.74) is 4.91. The molecule has 0 atom stereocenters. The van der Waals surface area contributed by atoms with Crippen LogP contribution in [-0.4, -0.2) is 47.4 Å². The molecule has 4 rings (SSSR count). The normalized spacial score (nSPS) is 12.8. The summed E-state index contributed by atoms with van der Waals surface area (Å²) in [6, 6.07) is 11.6. The number of hydrogen-bond acceptors (Lipinski definition) is 7. The summed E-state index contributed by atoms with van der Waals surface area (Å²) in [5, 5.41) is 23.2. The Hall–Kier alpha value is -4.02.